The van der Waals surface area contributed by atoms with Crippen molar-refractivity contribution >= 4 is 5.91 Å². The third-order valence-electron chi connectivity index (χ3n) is 1.77. The number of hydrogen-bond donors (Lipinski definition) is 1. The van der Waals surface area contributed by atoms with E-state index in [0.29, 0.717) is 0 Å². The van der Waals surface area contributed by atoms with Crippen LogP contribution in [0.15, 0.2) is 0 Å². The molecular formula is C6H8F3NO2. The molecule has 1 amide bonds. The zero-order chi connectivity index (χ0) is 9.35. The SMILES string of the molecule is O=C1CC(CO)CN1C(F)(F)F. The Morgan fingerprint density at radius 3 is 2.42 bits per heavy atom. The third-order valence-corrected chi connectivity index (χ3v) is 1.77. The lowest BCUT2D eigenvalue weighted by molar-refractivity contribution is -0.235. The van der Waals surface area contributed by atoms with E-state index in [-0.39, 0.29) is 17.9 Å². The van der Waals surface area contributed by atoms with Gasteiger partial charge >= 0.3 is 6.30 Å². The molecule has 1 heterocycles. The molecule has 12 heavy (non-hydrogen) atoms. The summed E-state index contributed by atoms with van der Waals surface area (Å²) in [6.45, 7) is -0.794. The van der Waals surface area contributed by atoms with Gasteiger partial charge in [0, 0.05) is 25.5 Å². The maximum atomic E-state index is 11.9. The van der Waals surface area contributed by atoms with Gasteiger partial charge in [-0.2, -0.15) is 0 Å². The summed E-state index contributed by atoms with van der Waals surface area (Å²) in [5, 5.41) is 8.52. The zero-order valence-electron chi connectivity index (χ0n) is 6.14. The molecule has 70 valence electrons. The second-order valence-electron chi connectivity index (χ2n) is 2.72. The molecule has 1 aliphatic rings. The Labute approximate surface area is 66.8 Å². The number of carbonyl (C=O) groups is 1. The number of aliphatic hydroxyl groups is 1. The number of carbonyl (C=O) groups excluding carboxylic acids is 1. The van der Waals surface area contributed by atoms with Gasteiger partial charge in [0.2, 0.25) is 5.91 Å². The number of likely N-dealkylation sites (tertiary alicyclic amines) is 1. The number of amides is 1. The fourth-order valence-electron chi connectivity index (χ4n) is 1.15. The van der Waals surface area contributed by atoms with Gasteiger partial charge in [-0.05, 0) is 0 Å². The molecule has 1 atom stereocenters. The first-order valence-electron chi connectivity index (χ1n) is 3.43. The minimum atomic E-state index is -4.60. The summed E-state index contributed by atoms with van der Waals surface area (Å²) in [4.78, 5) is 10.5. The van der Waals surface area contributed by atoms with Crippen molar-refractivity contribution in [3.63, 3.8) is 0 Å². The van der Waals surface area contributed by atoms with Gasteiger partial charge in [0.25, 0.3) is 0 Å². The van der Waals surface area contributed by atoms with E-state index in [0.717, 1.165) is 0 Å². The van der Waals surface area contributed by atoms with Crippen LogP contribution in [0.25, 0.3) is 0 Å². The Bertz CT molecular complexity index is 192. The minimum absolute atomic E-state index is 0.159. The van der Waals surface area contributed by atoms with Crippen LogP contribution in [0.1, 0.15) is 6.42 Å². The van der Waals surface area contributed by atoms with Crippen molar-refractivity contribution in [2.75, 3.05) is 13.2 Å². The standard InChI is InChI=1S/C6H8F3NO2/c7-6(8,9)10-2-4(3-11)1-5(10)12/h4,11H,1-3H2. The van der Waals surface area contributed by atoms with Crippen LogP contribution in [-0.2, 0) is 4.79 Å². The fourth-order valence-corrected chi connectivity index (χ4v) is 1.15. The van der Waals surface area contributed by atoms with Crippen LogP contribution in [0.4, 0.5) is 13.2 Å². The molecule has 1 saturated heterocycles. The number of rotatable bonds is 1. The van der Waals surface area contributed by atoms with Crippen LogP contribution in [0, 0.1) is 5.92 Å². The van der Waals surface area contributed by atoms with Crippen molar-refractivity contribution < 1.29 is 23.1 Å². The number of alkyl halides is 3. The van der Waals surface area contributed by atoms with E-state index in [9.17, 15) is 18.0 Å². The first kappa shape index (κ1) is 9.31. The van der Waals surface area contributed by atoms with E-state index >= 15 is 0 Å². The molecule has 0 saturated carbocycles. The average molecular weight is 183 g/mol. The summed E-state index contributed by atoms with van der Waals surface area (Å²) in [7, 11) is 0. The van der Waals surface area contributed by atoms with Crippen LogP contribution >= 0.6 is 0 Å². The highest BCUT2D eigenvalue weighted by atomic mass is 19.4. The van der Waals surface area contributed by atoms with Crippen LogP contribution in [0.5, 0.6) is 0 Å². The number of aliphatic hydroxyl groups excluding tert-OH is 1. The number of halogens is 3. The summed E-state index contributed by atoms with van der Waals surface area (Å²) < 4.78 is 35.8. The van der Waals surface area contributed by atoms with Crippen LogP contribution in [0.2, 0.25) is 0 Å². The van der Waals surface area contributed by atoms with Crippen molar-refractivity contribution in [2.45, 2.75) is 12.7 Å². The maximum absolute atomic E-state index is 11.9. The summed E-state index contributed by atoms with van der Waals surface area (Å²) in [6.07, 6.45) is -4.81. The van der Waals surface area contributed by atoms with Crippen molar-refractivity contribution in [2.24, 2.45) is 5.92 Å². The first-order valence-corrected chi connectivity index (χ1v) is 3.43. The van der Waals surface area contributed by atoms with Gasteiger partial charge in [-0.15, -0.1) is 13.2 Å². The molecule has 0 aliphatic carbocycles. The van der Waals surface area contributed by atoms with Crippen LogP contribution in [-0.4, -0.2) is 35.4 Å². The summed E-state index contributed by atoms with van der Waals surface area (Å²) in [5.74, 6) is -1.53. The van der Waals surface area contributed by atoms with Gasteiger partial charge in [-0.25, -0.2) is 0 Å². The summed E-state index contributed by atoms with van der Waals surface area (Å²) in [6, 6.07) is 0. The van der Waals surface area contributed by atoms with Crippen LogP contribution in [0.3, 0.4) is 0 Å². The Morgan fingerprint density at radius 2 is 2.17 bits per heavy atom. The van der Waals surface area contributed by atoms with E-state index in [2.05, 4.69) is 0 Å². The predicted molar refractivity (Wildman–Crippen MR) is 33.0 cm³/mol. The second kappa shape index (κ2) is 2.93. The van der Waals surface area contributed by atoms with Gasteiger partial charge < -0.3 is 5.11 Å². The molecule has 0 bridgehead atoms. The normalized spacial score (nSPS) is 25.2. The lowest BCUT2D eigenvalue weighted by Crippen LogP contribution is -2.39. The zero-order valence-corrected chi connectivity index (χ0v) is 6.14. The Kier molecular flexibility index (Phi) is 2.27. The van der Waals surface area contributed by atoms with E-state index < -0.39 is 24.7 Å². The van der Waals surface area contributed by atoms with Crippen molar-refractivity contribution in [1.82, 2.24) is 4.90 Å². The van der Waals surface area contributed by atoms with Gasteiger partial charge in [0.1, 0.15) is 0 Å². The quantitative estimate of drug-likeness (QED) is 0.596. The van der Waals surface area contributed by atoms with E-state index in [1.54, 1.807) is 0 Å². The van der Waals surface area contributed by atoms with Gasteiger partial charge in [-0.3, -0.25) is 9.69 Å². The Balaban J connectivity index is 2.64. The topological polar surface area (TPSA) is 40.5 Å². The molecule has 1 aliphatic heterocycles. The highest BCUT2D eigenvalue weighted by Gasteiger charge is 2.46. The molecule has 6 heteroatoms. The molecule has 0 spiro atoms. The minimum Gasteiger partial charge on any atom is -0.396 e. The maximum Gasteiger partial charge on any atom is 0.487 e. The summed E-state index contributed by atoms with van der Waals surface area (Å²) in [5.41, 5.74) is 0. The van der Waals surface area contributed by atoms with E-state index in [1.807, 2.05) is 0 Å². The molecular weight excluding hydrogens is 175 g/mol. The molecule has 1 rings (SSSR count). The Hall–Kier alpha value is -0.780. The summed E-state index contributed by atoms with van der Waals surface area (Å²) >= 11 is 0. The van der Waals surface area contributed by atoms with Crippen molar-refractivity contribution in [3.05, 3.63) is 0 Å². The monoisotopic (exact) mass is 183 g/mol. The molecule has 1 fully saturated rings. The van der Waals surface area contributed by atoms with E-state index in [1.165, 1.54) is 0 Å². The first-order chi connectivity index (χ1) is 5.45. The Morgan fingerprint density at radius 1 is 1.58 bits per heavy atom. The molecule has 0 radical (unpaired) electrons. The van der Waals surface area contributed by atoms with Crippen LogP contribution < -0.4 is 0 Å². The lowest BCUT2D eigenvalue weighted by atomic mass is 10.1. The molecule has 3 nitrogen and oxygen atoms in total. The van der Waals surface area contributed by atoms with Gasteiger partial charge in [-0.1, -0.05) is 0 Å². The molecule has 1 N–H and O–H groups in total. The van der Waals surface area contributed by atoms with E-state index in [4.69, 9.17) is 5.11 Å². The van der Waals surface area contributed by atoms with Crippen molar-refractivity contribution in [1.29, 1.82) is 0 Å². The molecule has 0 aromatic heterocycles. The average Bonchev–Trinajstić information content (AvgIpc) is 2.29. The molecule has 0 aromatic carbocycles. The molecule has 0 aromatic rings. The predicted octanol–water partition coefficient (Wildman–Crippen LogP) is 0.347. The van der Waals surface area contributed by atoms with Gasteiger partial charge in [0.15, 0.2) is 0 Å². The molecule has 1 unspecified atom stereocenters. The van der Waals surface area contributed by atoms with Gasteiger partial charge in [0.05, 0.1) is 0 Å². The highest BCUT2D eigenvalue weighted by Crippen LogP contribution is 2.29. The fraction of sp³-hybridized carbons (Fsp3) is 0.833. The largest absolute Gasteiger partial charge is 0.487 e. The van der Waals surface area contributed by atoms with Crippen molar-refractivity contribution in [3.8, 4) is 0 Å². The third kappa shape index (κ3) is 1.69. The number of hydrogen-bond acceptors (Lipinski definition) is 2. The lowest BCUT2D eigenvalue weighted by Gasteiger charge is -2.18. The highest BCUT2D eigenvalue weighted by molar-refractivity contribution is 5.78. The number of nitrogens with zero attached hydrogens (tertiary/aromatic N) is 1. The second-order valence-corrected chi connectivity index (χ2v) is 2.72. The smallest absolute Gasteiger partial charge is 0.396 e.